The average molecular weight is 481 g/mol. The van der Waals surface area contributed by atoms with Crippen LogP contribution in [0.15, 0.2) is 72.9 Å². The van der Waals surface area contributed by atoms with Gasteiger partial charge in [-0.1, -0.05) is 24.3 Å². The maximum absolute atomic E-state index is 2.50. The molecule has 0 amide bonds. The van der Waals surface area contributed by atoms with Crippen LogP contribution in [-0.2, 0) is 6.54 Å². The highest BCUT2D eigenvalue weighted by atomic mass is 127. The first-order chi connectivity index (χ1) is 13.8. The number of piperidine rings is 1. The molecule has 0 atom stereocenters. The van der Waals surface area contributed by atoms with Crippen LogP contribution < -0.4 is 9.47 Å². The molecule has 0 unspecified atom stereocenters. The normalized spacial score (nSPS) is 14.5. The standard InChI is InChI=1S/C25H26IN2/c26-23-12-7-22(8-13-23)20-28-19-5-2-6-24(28)14-9-21-10-15-25(16-11-21)27-17-3-1-4-18-27/h2,5-16,19H,1,3-4,17-18,20H2/q+1. The summed E-state index contributed by atoms with van der Waals surface area (Å²) in [5.41, 5.74) is 5.12. The fraction of sp³-hybridized carbons (Fsp3) is 0.240. The Morgan fingerprint density at radius 3 is 2.32 bits per heavy atom. The van der Waals surface area contributed by atoms with Gasteiger partial charge in [-0.05, 0) is 83.8 Å². The molecular formula is C25H26IN2+. The number of pyridine rings is 1. The van der Waals surface area contributed by atoms with Gasteiger partial charge in [-0.2, -0.15) is 4.57 Å². The SMILES string of the molecule is Ic1ccc(C[n+]2ccccc2/C=C/c2ccc(N3CCCCC3)cc2)cc1. The molecule has 0 N–H and O–H groups in total. The van der Waals surface area contributed by atoms with E-state index in [1.165, 1.54) is 58.4 Å². The first kappa shape index (κ1) is 19.2. The fourth-order valence-electron chi connectivity index (χ4n) is 3.70. The summed E-state index contributed by atoms with van der Waals surface area (Å²) in [5, 5.41) is 0. The van der Waals surface area contributed by atoms with Gasteiger partial charge in [0, 0.05) is 46.1 Å². The summed E-state index contributed by atoms with van der Waals surface area (Å²) in [6.45, 7) is 3.26. The molecule has 0 spiro atoms. The highest BCUT2D eigenvalue weighted by Crippen LogP contribution is 2.20. The van der Waals surface area contributed by atoms with E-state index in [2.05, 4.69) is 117 Å². The lowest BCUT2D eigenvalue weighted by atomic mass is 10.1. The van der Waals surface area contributed by atoms with Crippen LogP contribution in [0.4, 0.5) is 5.69 Å². The van der Waals surface area contributed by atoms with Crippen molar-refractivity contribution >= 4 is 40.4 Å². The highest BCUT2D eigenvalue weighted by Gasteiger charge is 2.10. The van der Waals surface area contributed by atoms with Crippen LogP contribution >= 0.6 is 22.6 Å². The minimum atomic E-state index is 0.880. The Labute approximate surface area is 181 Å². The molecular weight excluding hydrogens is 455 g/mol. The van der Waals surface area contributed by atoms with Crippen LogP contribution in [0, 0.1) is 3.57 Å². The molecule has 1 saturated heterocycles. The summed E-state index contributed by atoms with van der Waals surface area (Å²) in [4.78, 5) is 2.50. The van der Waals surface area contributed by atoms with Gasteiger partial charge in [0.2, 0.25) is 5.69 Å². The van der Waals surface area contributed by atoms with Gasteiger partial charge in [-0.15, -0.1) is 0 Å². The van der Waals surface area contributed by atoms with Crippen LogP contribution in [0.25, 0.3) is 12.2 Å². The average Bonchev–Trinajstić information content (AvgIpc) is 2.76. The van der Waals surface area contributed by atoms with E-state index in [1.54, 1.807) is 0 Å². The van der Waals surface area contributed by atoms with E-state index in [0.29, 0.717) is 0 Å². The first-order valence-corrected chi connectivity index (χ1v) is 11.1. The lowest BCUT2D eigenvalue weighted by Crippen LogP contribution is -2.36. The molecule has 2 aromatic carbocycles. The monoisotopic (exact) mass is 481 g/mol. The smallest absolute Gasteiger partial charge is 0.205 e. The zero-order valence-electron chi connectivity index (χ0n) is 16.1. The molecule has 3 aromatic rings. The minimum Gasteiger partial charge on any atom is -0.372 e. The Morgan fingerprint density at radius 1 is 0.821 bits per heavy atom. The summed E-state index contributed by atoms with van der Waals surface area (Å²) < 4.78 is 3.56. The topological polar surface area (TPSA) is 7.12 Å². The summed E-state index contributed by atoms with van der Waals surface area (Å²) in [6, 6.07) is 24.1. The Balaban J connectivity index is 1.47. The van der Waals surface area contributed by atoms with Gasteiger partial charge in [-0.3, -0.25) is 0 Å². The second kappa shape index (κ2) is 9.37. The maximum atomic E-state index is 2.50. The predicted molar refractivity (Wildman–Crippen MR) is 126 cm³/mol. The summed E-state index contributed by atoms with van der Waals surface area (Å²) in [7, 11) is 0. The van der Waals surface area contributed by atoms with E-state index in [0.717, 1.165) is 6.54 Å². The summed E-state index contributed by atoms with van der Waals surface area (Å²) >= 11 is 2.35. The minimum absolute atomic E-state index is 0.880. The van der Waals surface area contributed by atoms with E-state index in [-0.39, 0.29) is 0 Å². The van der Waals surface area contributed by atoms with Crippen molar-refractivity contribution in [3.05, 3.63) is 93.3 Å². The molecule has 4 rings (SSSR count). The van der Waals surface area contributed by atoms with Crippen molar-refractivity contribution in [2.75, 3.05) is 18.0 Å². The van der Waals surface area contributed by atoms with E-state index >= 15 is 0 Å². The van der Waals surface area contributed by atoms with Crippen molar-refractivity contribution in [2.45, 2.75) is 25.8 Å². The van der Waals surface area contributed by atoms with E-state index in [9.17, 15) is 0 Å². The number of benzene rings is 2. The lowest BCUT2D eigenvalue weighted by molar-refractivity contribution is -0.690. The Kier molecular flexibility index (Phi) is 6.42. The predicted octanol–water partition coefficient (Wildman–Crippen LogP) is 5.79. The number of nitrogens with zero attached hydrogens (tertiary/aromatic N) is 2. The van der Waals surface area contributed by atoms with Gasteiger partial charge in [0.1, 0.15) is 0 Å². The van der Waals surface area contributed by atoms with Gasteiger partial charge in [0.05, 0.1) is 0 Å². The van der Waals surface area contributed by atoms with Crippen molar-refractivity contribution in [1.29, 1.82) is 0 Å². The van der Waals surface area contributed by atoms with Gasteiger partial charge < -0.3 is 4.90 Å². The molecule has 0 saturated carbocycles. The maximum Gasteiger partial charge on any atom is 0.205 e. The molecule has 0 radical (unpaired) electrons. The molecule has 0 bridgehead atoms. The molecule has 1 fully saturated rings. The van der Waals surface area contributed by atoms with Crippen LogP contribution in [0.5, 0.6) is 0 Å². The third kappa shape index (κ3) is 5.02. The second-order valence-corrected chi connectivity index (χ2v) is 8.60. The molecule has 3 heteroatoms. The van der Waals surface area contributed by atoms with Crippen LogP contribution in [0.1, 0.15) is 36.1 Å². The molecule has 1 aromatic heterocycles. The Hall–Kier alpha value is -2.14. The summed E-state index contributed by atoms with van der Waals surface area (Å²) in [5.74, 6) is 0. The molecule has 28 heavy (non-hydrogen) atoms. The first-order valence-electron chi connectivity index (χ1n) is 10.0. The zero-order chi connectivity index (χ0) is 19.2. The third-order valence-electron chi connectivity index (χ3n) is 5.30. The largest absolute Gasteiger partial charge is 0.372 e. The van der Waals surface area contributed by atoms with Crippen LogP contribution in [0.3, 0.4) is 0 Å². The number of anilines is 1. The van der Waals surface area contributed by atoms with Crippen molar-refractivity contribution in [2.24, 2.45) is 0 Å². The van der Waals surface area contributed by atoms with Gasteiger partial charge in [-0.25, -0.2) is 0 Å². The molecule has 0 aliphatic carbocycles. The molecule has 2 heterocycles. The van der Waals surface area contributed by atoms with E-state index < -0.39 is 0 Å². The number of halogens is 1. The highest BCUT2D eigenvalue weighted by molar-refractivity contribution is 14.1. The summed E-state index contributed by atoms with van der Waals surface area (Å²) in [6.07, 6.45) is 10.6. The number of aromatic nitrogens is 1. The van der Waals surface area contributed by atoms with Gasteiger partial charge >= 0.3 is 0 Å². The second-order valence-electron chi connectivity index (χ2n) is 7.35. The van der Waals surface area contributed by atoms with Gasteiger partial charge in [0.15, 0.2) is 12.7 Å². The van der Waals surface area contributed by atoms with Crippen molar-refractivity contribution < 1.29 is 4.57 Å². The lowest BCUT2D eigenvalue weighted by Gasteiger charge is -2.28. The van der Waals surface area contributed by atoms with Crippen molar-refractivity contribution in [1.82, 2.24) is 0 Å². The fourth-order valence-corrected chi connectivity index (χ4v) is 4.06. The molecule has 1 aliphatic rings. The van der Waals surface area contributed by atoms with Gasteiger partial charge in [0.25, 0.3) is 0 Å². The van der Waals surface area contributed by atoms with E-state index in [1.807, 2.05) is 0 Å². The van der Waals surface area contributed by atoms with Crippen molar-refractivity contribution in [3.63, 3.8) is 0 Å². The number of hydrogen-bond acceptors (Lipinski definition) is 1. The molecule has 1 aliphatic heterocycles. The van der Waals surface area contributed by atoms with E-state index in [4.69, 9.17) is 0 Å². The zero-order valence-corrected chi connectivity index (χ0v) is 18.3. The van der Waals surface area contributed by atoms with Crippen LogP contribution in [0.2, 0.25) is 0 Å². The molecule has 142 valence electrons. The number of hydrogen-bond donors (Lipinski definition) is 0. The van der Waals surface area contributed by atoms with Crippen LogP contribution in [-0.4, -0.2) is 13.1 Å². The molecule has 2 nitrogen and oxygen atoms in total. The Morgan fingerprint density at radius 2 is 1.57 bits per heavy atom. The quantitative estimate of drug-likeness (QED) is 0.331. The Bertz CT molecular complexity index is 924. The number of rotatable bonds is 5. The third-order valence-corrected chi connectivity index (χ3v) is 6.02. The van der Waals surface area contributed by atoms with Crippen molar-refractivity contribution in [3.8, 4) is 0 Å².